The van der Waals surface area contributed by atoms with Crippen molar-refractivity contribution < 1.29 is 0 Å². The van der Waals surface area contributed by atoms with Gasteiger partial charge in [-0.1, -0.05) is 6.07 Å². The lowest BCUT2D eigenvalue weighted by Crippen LogP contribution is -2.01. The average molecular weight is 229 g/mol. The van der Waals surface area contributed by atoms with E-state index in [4.69, 9.17) is 0 Å². The summed E-state index contributed by atoms with van der Waals surface area (Å²) in [6, 6.07) is 6.37. The van der Waals surface area contributed by atoms with E-state index < -0.39 is 0 Å². The molecular formula is C14H19N3. The molecule has 1 aromatic carbocycles. The van der Waals surface area contributed by atoms with Crippen LogP contribution in [0, 0.1) is 20.8 Å². The summed E-state index contributed by atoms with van der Waals surface area (Å²) >= 11 is 0. The minimum absolute atomic E-state index is 0.910. The summed E-state index contributed by atoms with van der Waals surface area (Å²) in [6.07, 6.45) is 2.06. The van der Waals surface area contributed by atoms with Gasteiger partial charge in [-0.05, 0) is 51.0 Å². The Labute approximate surface area is 103 Å². The Morgan fingerprint density at radius 1 is 1.18 bits per heavy atom. The van der Waals surface area contributed by atoms with Crippen LogP contribution in [0.5, 0.6) is 0 Å². The molecule has 0 saturated carbocycles. The van der Waals surface area contributed by atoms with Gasteiger partial charge in [-0.25, -0.2) is 4.98 Å². The van der Waals surface area contributed by atoms with E-state index in [1.807, 2.05) is 6.92 Å². The van der Waals surface area contributed by atoms with Crippen LogP contribution in [0.25, 0.3) is 0 Å². The minimum atomic E-state index is 0.910. The molecule has 3 heteroatoms. The molecule has 0 unspecified atom stereocenters. The summed E-state index contributed by atoms with van der Waals surface area (Å²) in [5.41, 5.74) is 4.73. The fourth-order valence-electron chi connectivity index (χ4n) is 1.84. The van der Waals surface area contributed by atoms with Crippen molar-refractivity contribution in [2.45, 2.75) is 34.2 Å². The van der Waals surface area contributed by atoms with E-state index >= 15 is 0 Å². The molecule has 0 aliphatic carbocycles. The van der Waals surface area contributed by atoms with Crippen molar-refractivity contribution in [1.82, 2.24) is 9.55 Å². The number of benzene rings is 1. The Bertz CT molecular complexity index is 526. The summed E-state index contributed by atoms with van der Waals surface area (Å²) in [5.74, 6) is 0.910. The van der Waals surface area contributed by atoms with Crippen LogP contribution in [0.3, 0.4) is 0 Å². The van der Waals surface area contributed by atoms with E-state index in [0.717, 1.165) is 23.9 Å². The molecule has 1 aromatic heterocycles. The smallest absolute Gasteiger partial charge is 0.207 e. The fraction of sp³-hybridized carbons (Fsp3) is 0.357. The van der Waals surface area contributed by atoms with Crippen molar-refractivity contribution >= 4 is 11.6 Å². The third-order valence-corrected chi connectivity index (χ3v) is 3.00. The average Bonchev–Trinajstić information content (AvgIpc) is 2.64. The van der Waals surface area contributed by atoms with Crippen molar-refractivity contribution in [2.24, 2.45) is 0 Å². The standard InChI is InChI=1S/C14H19N3/c1-5-17-9-12(4)15-14(17)16-13-7-6-10(2)11(3)8-13/h6-9H,5H2,1-4H3,(H,15,16). The zero-order chi connectivity index (χ0) is 12.4. The Kier molecular flexibility index (Phi) is 3.18. The van der Waals surface area contributed by atoms with Gasteiger partial charge in [0.1, 0.15) is 0 Å². The van der Waals surface area contributed by atoms with Crippen LogP contribution in [-0.4, -0.2) is 9.55 Å². The molecule has 2 aromatic rings. The van der Waals surface area contributed by atoms with Crippen molar-refractivity contribution in [3.8, 4) is 0 Å². The number of rotatable bonds is 3. The van der Waals surface area contributed by atoms with Crippen molar-refractivity contribution in [1.29, 1.82) is 0 Å². The van der Waals surface area contributed by atoms with Crippen LogP contribution in [0.2, 0.25) is 0 Å². The Morgan fingerprint density at radius 3 is 2.59 bits per heavy atom. The van der Waals surface area contributed by atoms with Gasteiger partial charge >= 0.3 is 0 Å². The maximum atomic E-state index is 4.48. The highest BCUT2D eigenvalue weighted by molar-refractivity contribution is 5.56. The molecule has 0 amide bonds. The third kappa shape index (κ3) is 2.49. The number of aryl methyl sites for hydroxylation is 4. The predicted molar refractivity (Wildman–Crippen MR) is 71.8 cm³/mol. The topological polar surface area (TPSA) is 29.9 Å². The van der Waals surface area contributed by atoms with Gasteiger partial charge in [-0.2, -0.15) is 0 Å². The van der Waals surface area contributed by atoms with E-state index in [1.165, 1.54) is 11.1 Å². The molecule has 2 rings (SSSR count). The van der Waals surface area contributed by atoms with E-state index in [0.29, 0.717) is 0 Å². The number of nitrogens with one attached hydrogen (secondary N) is 1. The predicted octanol–water partition coefficient (Wildman–Crippen LogP) is 3.57. The van der Waals surface area contributed by atoms with Gasteiger partial charge in [0, 0.05) is 18.4 Å². The number of imidazole rings is 1. The summed E-state index contributed by atoms with van der Waals surface area (Å²) in [7, 11) is 0. The van der Waals surface area contributed by atoms with E-state index in [2.05, 4.69) is 60.0 Å². The number of hydrogen-bond donors (Lipinski definition) is 1. The first-order chi connectivity index (χ1) is 8.10. The lowest BCUT2D eigenvalue weighted by Gasteiger charge is -2.09. The largest absolute Gasteiger partial charge is 0.326 e. The highest BCUT2D eigenvalue weighted by atomic mass is 15.2. The Balaban J connectivity index is 2.27. The maximum absolute atomic E-state index is 4.48. The van der Waals surface area contributed by atoms with Gasteiger partial charge in [0.25, 0.3) is 0 Å². The summed E-state index contributed by atoms with van der Waals surface area (Å²) in [4.78, 5) is 4.48. The molecule has 0 bridgehead atoms. The molecule has 0 aliphatic rings. The Hall–Kier alpha value is -1.77. The SMILES string of the molecule is CCn1cc(C)nc1Nc1ccc(C)c(C)c1. The highest BCUT2D eigenvalue weighted by Gasteiger charge is 2.04. The quantitative estimate of drug-likeness (QED) is 0.872. The van der Waals surface area contributed by atoms with Crippen LogP contribution in [0.4, 0.5) is 11.6 Å². The van der Waals surface area contributed by atoms with Crippen LogP contribution in [0.15, 0.2) is 24.4 Å². The fourth-order valence-corrected chi connectivity index (χ4v) is 1.84. The molecular weight excluding hydrogens is 210 g/mol. The maximum Gasteiger partial charge on any atom is 0.207 e. The molecule has 90 valence electrons. The summed E-state index contributed by atoms with van der Waals surface area (Å²) in [6.45, 7) is 9.30. The van der Waals surface area contributed by atoms with Gasteiger partial charge < -0.3 is 9.88 Å². The van der Waals surface area contributed by atoms with Gasteiger partial charge in [-0.15, -0.1) is 0 Å². The Morgan fingerprint density at radius 2 is 1.94 bits per heavy atom. The van der Waals surface area contributed by atoms with E-state index in [1.54, 1.807) is 0 Å². The number of hydrogen-bond acceptors (Lipinski definition) is 2. The molecule has 0 spiro atoms. The van der Waals surface area contributed by atoms with E-state index in [-0.39, 0.29) is 0 Å². The first-order valence-corrected chi connectivity index (χ1v) is 5.98. The van der Waals surface area contributed by atoms with Crippen molar-refractivity contribution in [3.63, 3.8) is 0 Å². The van der Waals surface area contributed by atoms with Crippen LogP contribution >= 0.6 is 0 Å². The lowest BCUT2D eigenvalue weighted by atomic mass is 10.1. The molecule has 0 saturated heterocycles. The number of anilines is 2. The summed E-state index contributed by atoms with van der Waals surface area (Å²) in [5, 5.41) is 3.36. The summed E-state index contributed by atoms with van der Waals surface area (Å²) < 4.78 is 2.12. The molecule has 3 nitrogen and oxygen atoms in total. The zero-order valence-corrected chi connectivity index (χ0v) is 10.9. The van der Waals surface area contributed by atoms with Gasteiger partial charge in [-0.3, -0.25) is 0 Å². The molecule has 0 fully saturated rings. The number of nitrogens with zero attached hydrogens (tertiary/aromatic N) is 2. The van der Waals surface area contributed by atoms with Gasteiger partial charge in [0.15, 0.2) is 0 Å². The second kappa shape index (κ2) is 4.62. The monoisotopic (exact) mass is 229 g/mol. The third-order valence-electron chi connectivity index (χ3n) is 3.00. The molecule has 17 heavy (non-hydrogen) atoms. The first-order valence-electron chi connectivity index (χ1n) is 5.98. The molecule has 0 aliphatic heterocycles. The van der Waals surface area contributed by atoms with Crippen LogP contribution < -0.4 is 5.32 Å². The number of aromatic nitrogens is 2. The highest BCUT2D eigenvalue weighted by Crippen LogP contribution is 2.19. The second-order valence-electron chi connectivity index (χ2n) is 4.42. The normalized spacial score (nSPS) is 10.6. The molecule has 0 radical (unpaired) electrons. The van der Waals surface area contributed by atoms with Crippen molar-refractivity contribution in [3.05, 3.63) is 41.2 Å². The lowest BCUT2D eigenvalue weighted by molar-refractivity contribution is 0.771. The first kappa shape index (κ1) is 11.7. The molecule has 0 atom stereocenters. The molecule has 1 N–H and O–H groups in total. The van der Waals surface area contributed by atoms with Crippen molar-refractivity contribution in [2.75, 3.05) is 5.32 Å². The van der Waals surface area contributed by atoms with Gasteiger partial charge in [0.05, 0.1) is 5.69 Å². The molecule has 1 heterocycles. The van der Waals surface area contributed by atoms with E-state index in [9.17, 15) is 0 Å². The zero-order valence-electron chi connectivity index (χ0n) is 10.9. The van der Waals surface area contributed by atoms with Crippen LogP contribution in [0.1, 0.15) is 23.7 Å². The van der Waals surface area contributed by atoms with Gasteiger partial charge in [0.2, 0.25) is 5.95 Å². The van der Waals surface area contributed by atoms with Crippen LogP contribution in [-0.2, 0) is 6.54 Å². The second-order valence-corrected chi connectivity index (χ2v) is 4.42. The minimum Gasteiger partial charge on any atom is -0.326 e.